The van der Waals surface area contributed by atoms with Crippen molar-refractivity contribution in [1.82, 2.24) is 5.32 Å². The lowest BCUT2D eigenvalue weighted by molar-refractivity contribution is -0.870. The maximum atomic E-state index is 13.0. The number of rotatable bonds is 54. The molecule has 0 aromatic rings. The van der Waals surface area contributed by atoms with Crippen LogP contribution in [0.15, 0.2) is 60.8 Å². The van der Waals surface area contributed by atoms with Crippen molar-refractivity contribution >= 4 is 13.7 Å². The molecule has 0 saturated heterocycles. The number of nitrogens with zero attached hydrogens (tertiary/aromatic N) is 1. The molecule has 0 radical (unpaired) electrons. The summed E-state index contributed by atoms with van der Waals surface area (Å²) in [5.41, 5.74) is 0. The minimum Gasteiger partial charge on any atom is -0.387 e. The average Bonchev–Trinajstić information content (AvgIpc) is 3.32. The summed E-state index contributed by atoms with van der Waals surface area (Å²) in [5, 5.41) is 13.9. The summed E-state index contributed by atoms with van der Waals surface area (Å²) >= 11 is 0. The summed E-state index contributed by atoms with van der Waals surface area (Å²) < 4.78 is 23.6. The number of unbranched alkanes of at least 4 members (excludes halogenated alkanes) is 33. The lowest BCUT2D eigenvalue weighted by Crippen LogP contribution is -2.45. The summed E-state index contributed by atoms with van der Waals surface area (Å²) in [5.74, 6) is -0.185. The highest BCUT2D eigenvalue weighted by atomic mass is 31.2. The Bertz CT molecular complexity index is 1320. The number of allylic oxidation sites excluding steroid dienone is 9. The molecule has 70 heavy (non-hydrogen) atoms. The minimum absolute atomic E-state index is 0.0560. The molecule has 0 bridgehead atoms. The number of aliphatic hydroxyl groups is 1. The molecule has 0 aromatic heterocycles. The van der Waals surface area contributed by atoms with Crippen LogP contribution in [0.4, 0.5) is 0 Å². The van der Waals surface area contributed by atoms with Crippen molar-refractivity contribution in [1.29, 1.82) is 0 Å². The van der Waals surface area contributed by atoms with Gasteiger partial charge in [-0.15, -0.1) is 0 Å². The molecule has 0 rings (SSSR count). The molecule has 3 N–H and O–H groups in total. The highest BCUT2D eigenvalue weighted by Crippen LogP contribution is 2.43. The van der Waals surface area contributed by atoms with E-state index in [-0.39, 0.29) is 19.1 Å². The van der Waals surface area contributed by atoms with Crippen LogP contribution in [0.25, 0.3) is 0 Å². The van der Waals surface area contributed by atoms with Gasteiger partial charge in [0.2, 0.25) is 5.91 Å². The Kier molecular flexibility index (Phi) is 50.7. The molecular formula is C61H116N2O6P+. The van der Waals surface area contributed by atoms with Crippen molar-refractivity contribution in [3.8, 4) is 0 Å². The Morgan fingerprint density at radius 1 is 0.486 bits per heavy atom. The maximum Gasteiger partial charge on any atom is 0.472 e. The first-order valence-corrected chi connectivity index (χ1v) is 31.2. The van der Waals surface area contributed by atoms with Crippen LogP contribution in [0.2, 0.25) is 0 Å². The van der Waals surface area contributed by atoms with Crippen LogP contribution < -0.4 is 5.32 Å². The second-order valence-corrected chi connectivity index (χ2v) is 22.8. The van der Waals surface area contributed by atoms with E-state index >= 15 is 0 Å². The molecule has 1 amide bonds. The third kappa shape index (κ3) is 54.0. The van der Waals surface area contributed by atoms with Crippen LogP contribution in [0.1, 0.15) is 271 Å². The van der Waals surface area contributed by atoms with Gasteiger partial charge in [0, 0.05) is 6.42 Å². The first-order valence-electron chi connectivity index (χ1n) is 29.7. The Balaban J connectivity index is 3.99. The van der Waals surface area contributed by atoms with E-state index in [0.29, 0.717) is 17.4 Å². The number of aliphatic hydroxyl groups excluding tert-OH is 1. The van der Waals surface area contributed by atoms with Crippen molar-refractivity contribution in [2.75, 3.05) is 40.9 Å². The van der Waals surface area contributed by atoms with Gasteiger partial charge in [-0.05, 0) is 70.6 Å². The van der Waals surface area contributed by atoms with Gasteiger partial charge in [-0.25, -0.2) is 4.57 Å². The molecular weight excluding hydrogens is 888 g/mol. The van der Waals surface area contributed by atoms with E-state index in [1.165, 1.54) is 199 Å². The second-order valence-electron chi connectivity index (χ2n) is 21.4. The summed E-state index contributed by atoms with van der Waals surface area (Å²) in [4.78, 5) is 23.2. The lowest BCUT2D eigenvalue weighted by atomic mass is 10.0. The molecule has 3 atom stereocenters. The molecule has 410 valence electrons. The first kappa shape index (κ1) is 68.2. The highest BCUT2D eigenvalue weighted by molar-refractivity contribution is 7.47. The van der Waals surface area contributed by atoms with E-state index in [0.717, 1.165) is 51.4 Å². The predicted molar refractivity (Wildman–Crippen MR) is 304 cm³/mol. The summed E-state index contributed by atoms with van der Waals surface area (Å²) in [7, 11) is 1.56. The standard InChI is InChI=1S/C61H115N2O6P/c1-6-8-10-12-14-16-18-20-21-22-23-24-25-26-27-28-29-30-31-32-33-34-35-36-37-38-39-40-41-43-45-47-49-51-53-55-61(65)62-59(58-69-70(66,67)68-57-56-63(3,4)5)60(64)54-52-50-48-46-44-42-19-17-15-13-11-9-7-2/h18,20,22-23,25-26,44,46,52,54,59-60,64H,6-17,19,21,24,27-43,45,47-51,53,55-58H2,1-5H3,(H-,62,65,66,67)/p+1/b20-18-,23-22-,26-25-,46-44+,54-52+. The van der Waals surface area contributed by atoms with E-state index in [9.17, 15) is 19.4 Å². The van der Waals surface area contributed by atoms with Gasteiger partial charge in [0.25, 0.3) is 0 Å². The number of quaternary nitrogens is 1. The number of phosphoric ester groups is 1. The van der Waals surface area contributed by atoms with E-state index in [4.69, 9.17) is 9.05 Å². The smallest absolute Gasteiger partial charge is 0.387 e. The fourth-order valence-corrected chi connectivity index (χ4v) is 9.27. The van der Waals surface area contributed by atoms with Gasteiger partial charge >= 0.3 is 7.82 Å². The van der Waals surface area contributed by atoms with Gasteiger partial charge in [-0.2, -0.15) is 0 Å². The van der Waals surface area contributed by atoms with Crippen molar-refractivity contribution in [2.24, 2.45) is 0 Å². The van der Waals surface area contributed by atoms with E-state index < -0.39 is 20.0 Å². The molecule has 9 heteroatoms. The van der Waals surface area contributed by atoms with Crippen LogP contribution in [0.5, 0.6) is 0 Å². The molecule has 3 unspecified atom stereocenters. The number of hydrogen-bond donors (Lipinski definition) is 3. The number of carbonyl (C=O) groups is 1. The third-order valence-electron chi connectivity index (χ3n) is 13.2. The molecule has 0 saturated carbocycles. The number of amides is 1. The lowest BCUT2D eigenvalue weighted by Gasteiger charge is -2.25. The topological polar surface area (TPSA) is 105 Å². The van der Waals surface area contributed by atoms with Gasteiger partial charge in [-0.3, -0.25) is 13.8 Å². The zero-order chi connectivity index (χ0) is 51.3. The zero-order valence-corrected chi connectivity index (χ0v) is 47.7. The van der Waals surface area contributed by atoms with E-state index in [1.807, 2.05) is 27.2 Å². The minimum atomic E-state index is -4.35. The van der Waals surface area contributed by atoms with E-state index in [2.05, 4.69) is 67.8 Å². The summed E-state index contributed by atoms with van der Waals surface area (Å²) in [6, 6.07) is -0.863. The van der Waals surface area contributed by atoms with Crippen molar-refractivity contribution in [3.63, 3.8) is 0 Å². The van der Waals surface area contributed by atoms with Crippen molar-refractivity contribution in [3.05, 3.63) is 60.8 Å². The Morgan fingerprint density at radius 3 is 1.24 bits per heavy atom. The normalized spacial score (nSPS) is 14.3. The third-order valence-corrected chi connectivity index (χ3v) is 14.2. The molecule has 8 nitrogen and oxygen atoms in total. The van der Waals surface area contributed by atoms with Crippen LogP contribution in [-0.4, -0.2) is 73.4 Å². The van der Waals surface area contributed by atoms with Gasteiger partial charge in [-0.1, -0.05) is 254 Å². The van der Waals surface area contributed by atoms with Crippen LogP contribution in [0.3, 0.4) is 0 Å². The molecule has 0 aliphatic heterocycles. The highest BCUT2D eigenvalue weighted by Gasteiger charge is 2.27. The first-order chi connectivity index (χ1) is 34.0. The Labute approximate surface area is 434 Å². The van der Waals surface area contributed by atoms with Gasteiger partial charge < -0.3 is 19.8 Å². The Hall–Kier alpha value is -1.80. The number of phosphoric acid groups is 1. The van der Waals surface area contributed by atoms with Crippen molar-refractivity contribution < 1.29 is 32.9 Å². The molecule has 0 aromatic carbocycles. The van der Waals surface area contributed by atoms with Crippen molar-refractivity contribution in [2.45, 2.75) is 283 Å². The number of hydrogen-bond acceptors (Lipinski definition) is 5. The summed E-state index contributed by atoms with van der Waals surface area (Å²) in [6.45, 7) is 4.78. The largest absolute Gasteiger partial charge is 0.472 e. The zero-order valence-electron chi connectivity index (χ0n) is 46.8. The fourth-order valence-electron chi connectivity index (χ4n) is 8.54. The quantitative estimate of drug-likeness (QED) is 0.0243. The van der Waals surface area contributed by atoms with Crippen LogP contribution >= 0.6 is 7.82 Å². The Morgan fingerprint density at radius 2 is 0.829 bits per heavy atom. The maximum absolute atomic E-state index is 13.0. The second kappa shape index (κ2) is 52.1. The van der Waals surface area contributed by atoms with Crippen LogP contribution in [0, 0.1) is 0 Å². The van der Waals surface area contributed by atoms with E-state index in [1.54, 1.807) is 6.08 Å². The number of nitrogens with one attached hydrogen (secondary N) is 1. The molecule has 0 aliphatic carbocycles. The van der Waals surface area contributed by atoms with Gasteiger partial charge in [0.1, 0.15) is 13.2 Å². The van der Waals surface area contributed by atoms with Gasteiger partial charge in [0.05, 0.1) is 39.9 Å². The predicted octanol–water partition coefficient (Wildman–Crippen LogP) is 18.1. The summed E-state index contributed by atoms with van der Waals surface area (Å²) in [6.07, 6.45) is 70.6. The monoisotopic (exact) mass is 1000 g/mol. The molecule has 0 heterocycles. The molecule has 0 spiro atoms. The number of likely N-dealkylation sites (N-methyl/N-ethyl adjacent to an activating group) is 1. The number of carbonyl (C=O) groups excluding carboxylic acids is 1. The molecule has 0 aliphatic rings. The fraction of sp³-hybridized carbons (Fsp3) is 0.820. The van der Waals surface area contributed by atoms with Gasteiger partial charge in [0.15, 0.2) is 0 Å². The van der Waals surface area contributed by atoms with Crippen LogP contribution in [-0.2, 0) is 18.4 Å². The molecule has 0 fully saturated rings. The average molecular weight is 1000 g/mol. The SMILES string of the molecule is CCCCCCC/C=C\C/C=C\C/C=C\CCCCCCCCCCCCCCCCCCCCCCC(=O)NC(COP(=O)(O)OCC[N+](C)(C)C)C(O)/C=C/CC/C=C/CCCCCCCCC.